The summed E-state index contributed by atoms with van der Waals surface area (Å²) < 4.78 is 6.06. The third-order valence-electron chi connectivity index (χ3n) is 4.45. The molecule has 5 heteroatoms. The Bertz CT molecular complexity index is 351. The number of likely N-dealkylation sites (N-methyl/N-ethyl adjacent to an activating group) is 1. The van der Waals surface area contributed by atoms with Crippen molar-refractivity contribution in [2.75, 3.05) is 46.4 Å². The monoisotopic (exact) mass is 326 g/mol. The van der Waals surface area contributed by atoms with Gasteiger partial charge in [0.15, 0.2) is 5.96 Å². The second-order valence-electron chi connectivity index (χ2n) is 7.60. The van der Waals surface area contributed by atoms with E-state index >= 15 is 0 Å². The minimum atomic E-state index is 0.177. The molecule has 0 aromatic rings. The number of hydrogen-bond donors (Lipinski definition) is 2. The highest BCUT2D eigenvalue weighted by atomic mass is 16.5. The fourth-order valence-corrected chi connectivity index (χ4v) is 3.06. The summed E-state index contributed by atoms with van der Waals surface area (Å²) in [5, 5.41) is 6.78. The number of aliphatic imine (C=N–C) groups is 1. The molecule has 0 aliphatic carbocycles. The Labute approximate surface area is 143 Å². The van der Waals surface area contributed by atoms with Crippen LogP contribution in [-0.4, -0.2) is 63.3 Å². The first kappa shape index (κ1) is 20.2. The zero-order chi connectivity index (χ0) is 17.3. The maximum absolute atomic E-state index is 6.06. The second-order valence-corrected chi connectivity index (χ2v) is 7.60. The number of hydrogen-bond acceptors (Lipinski definition) is 3. The average molecular weight is 327 g/mol. The second kappa shape index (κ2) is 10.1. The van der Waals surface area contributed by atoms with Crippen LogP contribution in [0.1, 0.15) is 47.5 Å². The normalized spacial score (nSPS) is 23.2. The van der Waals surface area contributed by atoms with Crippen LogP contribution in [0, 0.1) is 11.3 Å². The van der Waals surface area contributed by atoms with E-state index < -0.39 is 0 Å². The predicted octanol–water partition coefficient (Wildman–Crippen LogP) is 2.33. The fraction of sp³-hybridized carbons (Fsp3) is 0.944. The highest BCUT2D eigenvalue weighted by Crippen LogP contribution is 2.34. The molecule has 2 unspecified atom stereocenters. The van der Waals surface area contributed by atoms with Crippen LogP contribution < -0.4 is 10.6 Å². The van der Waals surface area contributed by atoms with Crippen LogP contribution in [-0.2, 0) is 4.74 Å². The molecular weight excluding hydrogens is 288 g/mol. The van der Waals surface area contributed by atoms with E-state index in [1.54, 1.807) is 0 Å². The Hall–Kier alpha value is -0.810. The Morgan fingerprint density at radius 2 is 2.00 bits per heavy atom. The van der Waals surface area contributed by atoms with Crippen molar-refractivity contribution in [3.8, 4) is 0 Å². The van der Waals surface area contributed by atoms with Crippen LogP contribution in [0.25, 0.3) is 0 Å². The molecule has 2 N–H and O–H groups in total. The molecule has 0 aromatic heterocycles. The molecule has 1 aliphatic heterocycles. The number of nitrogens with zero attached hydrogens (tertiary/aromatic N) is 2. The predicted molar refractivity (Wildman–Crippen MR) is 99.1 cm³/mol. The van der Waals surface area contributed by atoms with Crippen LogP contribution in [0.2, 0.25) is 0 Å². The van der Waals surface area contributed by atoms with Gasteiger partial charge in [-0.15, -0.1) is 0 Å². The van der Waals surface area contributed by atoms with E-state index in [1.807, 2.05) is 0 Å². The van der Waals surface area contributed by atoms with Gasteiger partial charge < -0.3 is 20.3 Å². The molecule has 0 bridgehead atoms. The van der Waals surface area contributed by atoms with Crippen molar-refractivity contribution in [3.63, 3.8) is 0 Å². The third-order valence-corrected chi connectivity index (χ3v) is 4.45. The van der Waals surface area contributed by atoms with Crippen molar-refractivity contribution < 1.29 is 4.74 Å². The van der Waals surface area contributed by atoms with E-state index in [0.717, 1.165) is 51.7 Å². The molecule has 0 amide bonds. The summed E-state index contributed by atoms with van der Waals surface area (Å²) in [6, 6.07) is 0. The lowest BCUT2D eigenvalue weighted by Crippen LogP contribution is -2.43. The molecule has 0 saturated carbocycles. The Morgan fingerprint density at radius 3 is 2.61 bits per heavy atom. The number of guanidine groups is 1. The minimum absolute atomic E-state index is 0.177. The lowest BCUT2D eigenvalue weighted by Gasteiger charge is -2.39. The highest BCUT2D eigenvalue weighted by molar-refractivity contribution is 5.79. The van der Waals surface area contributed by atoms with Gasteiger partial charge in [0, 0.05) is 38.7 Å². The largest absolute Gasteiger partial charge is 0.377 e. The summed E-state index contributed by atoms with van der Waals surface area (Å²) in [6.45, 7) is 16.7. The van der Waals surface area contributed by atoms with Gasteiger partial charge >= 0.3 is 0 Å². The van der Waals surface area contributed by atoms with Gasteiger partial charge in [-0.25, -0.2) is 0 Å². The van der Waals surface area contributed by atoms with Gasteiger partial charge in [0.2, 0.25) is 0 Å². The van der Waals surface area contributed by atoms with Crippen LogP contribution in [0.4, 0.5) is 0 Å². The molecule has 136 valence electrons. The van der Waals surface area contributed by atoms with E-state index in [9.17, 15) is 0 Å². The number of ether oxygens (including phenoxy) is 1. The minimum Gasteiger partial charge on any atom is -0.377 e. The highest BCUT2D eigenvalue weighted by Gasteiger charge is 2.35. The summed E-state index contributed by atoms with van der Waals surface area (Å²) in [5.74, 6) is 1.44. The first-order valence-electron chi connectivity index (χ1n) is 9.20. The van der Waals surface area contributed by atoms with Gasteiger partial charge in [0.05, 0.1) is 6.10 Å². The van der Waals surface area contributed by atoms with Crippen molar-refractivity contribution in [2.45, 2.75) is 53.6 Å². The van der Waals surface area contributed by atoms with Crippen molar-refractivity contribution in [1.29, 1.82) is 0 Å². The first-order valence-corrected chi connectivity index (χ1v) is 9.20. The van der Waals surface area contributed by atoms with Crippen LogP contribution in [0.15, 0.2) is 4.99 Å². The smallest absolute Gasteiger partial charge is 0.191 e. The van der Waals surface area contributed by atoms with Crippen LogP contribution >= 0.6 is 0 Å². The van der Waals surface area contributed by atoms with Crippen LogP contribution in [0.3, 0.4) is 0 Å². The molecule has 1 rings (SSSR count). The van der Waals surface area contributed by atoms with Crippen molar-refractivity contribution >= 4 is 5.96 Å². The molecule has 0 aromatic carbocycles. The molecule has 1 fully saturated rings. The van der Waals surface area contributed by atoms with Crippen molar-refractivity contribution in [3.05, 3.63) is 0 Å². The Morgan fingerprint density at radius 1 is 1.26 bits per heavy atom. The topological polar surface area (TPSA) is 48.9 Å². The summed E-state index contributed by atoms with van der Waals surface area (Å²) in [4.78, 5) is 7.11. The lowest BCUT2D eigenvalue weighted by molar-refractivity contribution is -0.0823. The molecule has 2 atom stereocenters. The Kier molecular flexibility index (Phi) is 8.92. The molecule has 1 aliphatic rings. The number of rotatable bonds is 7. The molecule has 1 saturated heterocycles. The lowest BCUT2D eigenvalue weighted by atomic mass is 9.78. The molecule has 23 heavy (non-hydrogen) atoms. The van der Waals surface area contributed by atoms with Crippen LogP contribution in [0.5, 0.6) is 0 Å². The summed E-state index contributed by atoms with van der Waals surface area (Å²) in [6.07, 6.45) is 2.66. The quantitative estimate of drug-likeness (QED) is 0.557. The molecule has 5 nitrogen and oxygen atoms in total. The van der Waals surface area contributed by atoms with E-state index in [4.69, 9.17) is 9.73 Å². The zero-order valence-corrected chi connectivity index (χ0v) is 16.1. The van der Waals surface area contributed by atoms with Crippen molar-refractivity contribution in [2.24, 2.45) is 16.3 Å². The standard InChI is InChI=1S/C18H38N4O/c1-7-19-17(20-11-12-22(6)8-2)21-14-15-10-9-13-23-16(15)18(3,4)5/h15-16H,7-14H2,1-6H3,(H2,19,20,21). The van der Waals surface area contributed by atoms with Gasteiger partial charge in [-0.3, -0.25) is 4.99 Å². The summed E-state index contributed by atoms with van der Waals surface area (Å²) >= 11 is 0. The Balaban J connectivity index is 2.56. The third kappa shape index (κ3) is 7.53. The first-order chi connectivity index (χ1) is 10.9. The van der Waals surface area contributed by atoms with Crippen molar-refractivity contribution in [1.82, 2.24) is 15.5 Å². The van der Waals surface area contributed by atoms with E-state index in [0.29, 0.717) is 12.0 Å². The summed E-state index contributed by atoms with van der Waals surface area (Å²) in [5.41, 5.74) is 0.177. The molecule has 0 radical (unpaired) electrons. The van der Waals surface area contributed by atoms with E-state index in [-0.39, 0.29) is 5.41 Å². The van der Waals surface area contributed by atoms with Gasteiger partial charge in [-0.1, -0.05) is 27.7 Å². The van der Waals surface area contributed by atoms with Gasteiger partial charge in [-0.2, -0.15) is 0 Å². The average Bonchev–Trinajstić information content (AvgIpc) is 2.51. The van der Waals surface area contributed by atoms with Gasteiger partial charge in [-0.05, 0) is 38.8 Å². The molecule has 1 heterocycles. The number of nitrogens with one attached hydrogen (secondary N) is 2. The van der Waals surface area contributed by atoms with E-state index in [1.165, 1.54) is 6.42 Å². The maximum Gasteiger partial charge on any atom is 0.191 e. The van der Waals surface area contributed by atoms with Gasteiger partial charge in [0.1, 0.15) is 0 Å². The SMILES string of the molecule is CCNC(=NCC1CCCOC1C(C)(C)C)NCCN(C)CC. The maximum atomic E-state index is 6.06. The molecule has 0 spiro atoms. The van der Waals surface area contributed by atoms with E-state index in [2.05, 4.69) is 57.2 Å². The van der Waals surface area contributed by atoms with Gasteiger partial charge in [0.25, 0.3) is 0 Å². The molecular formula is C18H38N4O. The summed E-state index contributed by atoms with van der Waals surface area (Å²) in [7, 11) is 2.14. The fourth-order valence-electron chi connectivity index (χ4n) is 3.06. The zero-order valence-electron chi connectivity index (χ0n) is 16.1.